The molecule has 0 saturated heterocycles. The van der Waals surface area contributed by atoms with Gasteiger partial charge < -0.3 is 14.6 Å². The van der Waals surface area contributed by atoms with Crippen LogP contribution in [0.2, 0.25) is 0 Å². The highest BCUT2D eigenvalue weighted by molar-refractivity contribution is 5.96. The molecule has 0 amide bonds. The summed E-state index contributed by atoms with van der Waals surface area (Å²) in [4.78, 5) is 11.2. The molecule has 124 valence electrons. The molecule has 0 radical (unpaired) electrons. The highest BCUT2D eigenvalue weighted by Gasteiger charge is 2.24. The maximum absolute atomic E-state index is 11.2. The molecule has 1 heterocycles. The molecule has 0 aromatic heterocycles. The molecule has 1 aliphatic heterocycles. The molecule has 0 aliphatic carbocycles. The molecule has 4 rings (SSSR count). The molecule has 0 spiro atoms. The van der Waals surface area contributed by atoms with E-state index in [1.54, 1.807) is 0 Å². The molecule has 0 fully saturated rings. The number of carbonyl (C=O) groups excluding carboxylic acids is 1. The fourth-order valence-electron chi connectivity index (χ4n) is 2.85. The van der Waals surface area contributed by atoms with Crippen LogP contribution in [0.1, 0.15) is 11.1 Å². The van der Waals surface area contributed by atoms with Crippen LogP contribution < -0.4 is 4.74 Å². The summed E-state index contributed by atoms with van der Waals surface area (Å²) in [5.74, 6) is 0.293. The quantitative estimate of drug-likeness (QED) is 0.741. The van der Waals surface area contributed by atoms with Gasteiger partial charge in [0.2, 0.25) is 6.29 Å². The van der Waals surface area contributed by atoms with Crippen LogP contribution in [0.3, 0.4) is 0 Å². The zero-order chi connectivity index (χ0) is 17.2. The lowest BCUT2D eigenvalue weighted by Gasteiger charge is -2.10. The normalized spacial score (nSPS) is 16.6. The monoisotopic (exact) mass is 332 g/mol. The highest BCUT2D eigenvalue weighted by atomic mass is 16.6. The Labute approximate surface area is 144 Å². The van der Waals surface area contributed by atoms with E-state index in [1.165, 1.54) is 11.5 Å². The van der Waals surface area contributed by atoms with Gasteiger partial charge >= 0.3 is 5.97 Å². The molecule has 1 atom stereocenters. The molecule has 1 aliphatic rings. The van der Waals surface area contributed by atoms with Gasteiger partial charge in [-0.2, -0.15) is 0 Å². The number of fused-ring (bicyclic) bond motifs is 1. The number of ether oxygens (including phenoxy) is 2. The van der Waals surface area contributed by atoms with Gasteiger partial charge in [-0.3, -0.25) is 0 Å². The van der Waals surface area contributed by atoms with Crippen LogP contribution >= 0.6 is 0 Å². The second kappa shape index (κ2) is 6.42. The first kappa shape index (κ1) is 15.4. The molecule has 25 heavy (non-hydrogen) atoms. The van der Waals surface area contributed by atoms with Gasteiger partial charge in [0.15, 0.2) is 0 Å². The van der Waals surface area contributed by atoms with E-state index in [4.69, 9.17) is 9.47 Å². The number of hydrogen-bond acceptors (Lipinski definition) is 4. The number of rotatable bonds is 4. The van der Waals surface area contributed by atoms with Gasteiger partial charge in [-0.1, -0.05) is 54.6 Å². The lowest BCUT2D eigenvalue weighted by atomic mass is 10.0. The van der Waals surface area contributed by atoms with E-state index < -0.39 is 12.3 Å². The summed E-state index contributed by atoms with van der Waals surface area (Å²) < 4.78 is 10.6. The molecule has 0 bridgehead atoms. The molecule has 4 heteroatoms. The summed E-state index contributed by atoms with van der Waals surface area (Å²) in [7, 11) is 0. The van der Waals surface area contributed by atoms with E-state index in [0.717, 1.165) is 22.3 Å². The Balaban J connectivity index is 1.46. The van der Waals surface area contributed by atoms with Crippen molar-refractivity contribution in [2.45, 2.75) is 12.9 Å². The lowest BCUT2D eigenvalue weighted by molar-refractivity contribution is -0.149. The Morgan fingerprint density at radius 2 is 1.72 bits per heavy atom. The number of carbonyl (C=O) groups is 1. The third-order valence-electron chi connectivity index (χ3n) is 4.18. The van der Waals surface area contributed by atoms with Crippen molar-refractivity contribution in [1.82, 2.24) is 0 Å². The van der Waals surface area contributed by atoms with Crippen molar-refractivity contribution in [3.63, 3.8) is 0 Å². The molecule has 0 saturated carbocycles. The fraction of sp³-hybridized carbons (Fsp3) is 0.0952. The first-order valence-electron chi connectivity index (χ1n) is 8.00. The largest absolute Gasteiger partial charge is 0.489 e. The Morgan fingerprint density at radius 3 is 2.44 bits per heavy atom. The molecule has 3 aromatic rings. The average Bonchev–Trinajstić information content (AvgIpc) is 2.98. The van der Waals surface area contributed by atoms with Crippen molar-refractivity contribution < 1.29 is 19.4 Å². The summed E-state index contributed by atoms with van der Waals surface area (Å²) in [6.07, 6.45) is 0.123. The average molecular weight is 332 g/mol. The lowest BCUT2D eigenvalue weighted by Crippen LogP contribution is -2.09. The highest BCUT2D eigenvalue weighted by Crippen LogP contribution is 2.25. The Hall–Kier alpha value is -3.11. The topological polar surface area (TPSA) is 55.8 Å². The van der Waals surface area contributed by atoms with E-state index >= 15 is 0 Å². The van der Waals surface area contributed by atoms with Crippen molar-refractivity contribution in [3.8, 4) is 5.75 Å². The third kappa shape index (κ3) is 3.25. The molecule has 3 aromatic carbocycles. The van der Waals surface area contributed by atoms with Gasteiger partial charge in [-0.05, 0) is 34.0 Å². The second-order valence-corrected chi connectivity index (χ2v) is 5.88. The van der Waals surface area contributed by atoms with Crippen molar-refractivity contribution in [1.29, 1.82) is 0 Å². The van der Waals surface area contributed by atoms with Crippen LogP contribution in [0.15, 0.2) is 72.8 Å². The molecule has 1 N–H and O–H groups in total. The molecule has 1 unspecified atom stereocenters. The minimum absolute atomic E-state index is 0.440. The Bertz CT molecular complexity index is 957. The Morgan fingerprint density at radius 1 is 0.960 bits per heavy atom. The minimum Gasteiger partial charge on any atom is -0.489 e. The van der Waals surface area contributed by atoms with Crippen molar-refractivity contribution >= 4 is 22.3 Å². The van der Waals surface area contributed by atoms with Crippen LogP contribution in [0.25, 0.3) is 16.3 Å². The summed E-state index contributed by atoms with van der Waals surface area (Å²) in [6, 6.07) is 21.7. The van der Waals surface area contributed by atoms with Crippen LogP contribution in [0.4, 0.5) is 0 Å². The zero-order valence-corrected chi connectivity index (χ0v) is 13.4. The van der Waals surface area contributed by atoms with Gasteiger partial charge in [0.25, 0.3) is 0 Å². The van der Waals surface area contributed by atoms with E-state index in [-0.39, 0.29) is 0 Å². The second-order valence-electron chi connectivity index (χ2n) is 5.88. The molecular weight excluding hydrogens is 316 g/mol. The number of benzene rings is 3. The first-order chi connectivity index (χ1) is 12.2. The first-order valence-corrected chi connectivity index (χ1v) is 8.00. The van der Waals surface area contributed by atoms with Gasteiger partial charge in [0.1, 0.15) is 12.4 Å². The zero-order valence-electron chi connectivity index (χ0n) is 13.4. The van der Waals surface area contributed by atoms with Gasteiger partial charge in [-0.15, -0.1) is 0 Å². The van der Waals surface area contributed by atoms with E-state index in [9.17, 15) is 9.90 Å². The van der Waals surface area contributed by atoms with Crippen molar-refractivity contribution in [2.75, 3.05) is 0 Å². The number of aliphatic hydroxyl groups is 1. The molecule has 4 nitrogen and oxygen atoms in total. The van der Waals surface area contributed by atoms with Crippen LogP contribution in [0.5, 0.6) is 5.75 Å². The fourth-order valence-corrected chi connectivity index (χ4v) is 2.85. The number of esters is 1. The summed E-state index contributed by atoms with van der Waals surface area (Å²) >= 11 is 0. The smallest absolute Gasteiger partial charge is 0.333 e. The van der Waals surface area contributed by atoms with Crippen LogP contribution in [-0.4, -0.2) is 17.4 Å². The minimum atomic E-state index is -1.19. The number of cyclic esters (lactones) is 1. The number of aliphatic hydroxyl groups excluding tert-OH is 1. The predicted molar refractivity (Wildman–Crippen MR) is 94.8 cm³/mol. The third-order valence-corrected chi connectivity index (χ3v) is 4.18. The predicted octanol–water partition coefficient (Wildman–Crippen LogP) is 3.68. The summed E-state index contributed by atoms with van der Waals surface area (Å²) in [5.41, 5.74) is 2.23. The number of hydrogen-bond donors (Lipinski definition) is 1. The van der Waals surface area contributed by atoms with E-state index in [0.29, 0.717) is 12.2 Å². The van der Waals surface area contributed by atoms with Gasteiger partial charge in [0, 0.05) is 11.6 Å². The van der Waals surface area contributed by atoms with Crippen LogP contribution in [-0.2, 0) is 16.1 Å². The van der Waals surface area contributed by atoms with Gasteiger partial charge in [-0.25, -0.2) is 4.79 Å². The standard InChI is InChI=1S/C21H16O4/c22-20-12-19(21(23)25-20)16-7-5-14(6-8-16)13-24-18-10-9-15-3-1-2-4-17(15)11-18/h1-12,21,23H,13H2. The van der Waals surface area contributed by atoms with Crippen molar-refractivity contribution in [2.24, 2.45) is 0 Å². The summed E-state index contributed by atoms with van der Waals surface area (Å²) in [5, 5.41) is 12.0. The Kier molecular flexibility index (Phi) is 3.96. The maximum Gasteiger partial charge on any atom is 0.333 e. The maximum atomic E-state index is 11.2. The SMILES string of the molecule is O=C1C=C(c2ccc(COc3ccc4ccccc4c3)cc2)C(O)O1. The van der Waals surface area contributed by atoms with Crippen molar-refractivity contribution in [3.05, 3.63) is 83.9 Å². The van der Waals surface area contributed by atoms with E-state index in [1.807, 2.05) is 54.6 Å². The van der Waals surface area contributed by atoms with Crippen LogP contribution in [0, 0.1) is 0 Å². The molecular formula is C21H16O4. The summed E-state index contributed by atoms with van der Waals surface area (Å²) in [6.45, 7) is 0.440. The van der Waals surface area contributed by atoms with Gasteiger partial charge in [0.05, 0.1) is 0 Å². The van der Waals surface area contributed by atoms with E-state index in [2.05, 4.69) is 12.1 Å².